The van der Waals surface area contributed by atoms with Crippen LogP contribution in [0, 0.1) is 5.82 Å². The van der Waals surface area contributed by atoms with Gasteiger partial charge in [0.15, 0.2) is 6.79 Å². The Morgan fingerprint density at radius 1 is 1.23 bits per heavy atom. The van der Waals surface area contributed by atoms with E-state index in [0.29, 0.717) is 22.4 Å². The third-order valence-electron chi connectivity index (χ3n) is 4.71. The van der Waals surface area contributed by atoms with Crippen LogP contribution in [0.3, 0.4) is 0 Å². The number of nitrogens with zero attached hydrogens (tertiary/aromatic N) is 1. The number of hydrogen-bond acceptors (Lipinski definition) is 4. The molecule has 134 valence electrons. The van der Waals surface area contributed by atoms with Crippen molar-refractivity contribution in [3.05, 3.63) is 65.0 Å². The van der Waals surface area contributed by atoms with Gasteiger partial charge in [0.2, 0.25) is 0 Å². The number of nitrogens with one attached hydrogen (secondary N) is 1. The minimum atomic E-state index is -1.16. The van der Waals surface area contributed by atoms with Crippen LogP contribution in [0.4, 0.5) is 9.18 Å². The first-order valence-electron chi connectivity index (χ1n) is 8.20. The number of ether oxygens (including phenoxy) is 2. The van der Waals surface area contributed by atoms with Crippen LogP contribution in [0.2, 0.25) is 0 Å². The van der Waals surface area contributed by atoms with Crippen molar-refractivity contribution in [2.24, 2.45) is 0 Å². The molecule has 1 N–H and O–H groups in total. The van der Waals surface area contributed by atoms with Gasteiger partial charge in [0.1, 0.15) is 17.1 Å². The maximum absolute atomic E-state index is 13.9. The highest BCUT2D eigenvalue weighted by molar-refractivity contribution is 6.07. The van der Waals surface area contributed by atoms with Crippen LogP contribution in [-0.4, -0.2) is 23.6 Å². The molecule has 2 aromatic carbocycles. The largest absolute Gasteiger partial charge is 0.467 e. The molecule has 0 aromatic heterocycles. The molecule has 2 aliphatic rings. The summed E-state index contributed by atoms with van der Waals surface area (Å²) in [6.07, 6.45) is 0. The van der Waals surface area contributed by atoms with E-state index < -0.39 is 23.3 Å². The Morgan fingerprint density at radius 2 is 2.00 bits per heavy atom. The van der Waals surface area contributed by atoms with E-state index in [0.717, 1.165) is 4.90 Å². The van der Waals surface area contributed by atoms with Gasteiger partial charge in [0, 0.05) is 11.1 Å². The first kappa shape index (κ1) is 16.5. The topological polar surface area (TPSA) is 67.9 Å². The van der Waals surface area contributed by atoms with E-state index in [-0.39, 0.29) is 19.9 Å². The fourth-order valence-corrected chi connectivity index (χ4v) is 3.35. The number of carbonyl (C=O) groups is 2. The molecule has 26 heavy (non-hydrogen) atoms. The molecule has 0 radical (unpaired) electrons. The molecule has 1 fully saturated rings. The quantitative estimate of drug-likeness (QED) is 0.859. The molecule has 2 aliphatic heterocycles. The second kappa shape index (κ2) is 6.10. The third-order valence-corrected chi connectivity index (χ3v) is 4.71. The van der Waals surface area contributed by atoms with Gasteiger partial charge in [-0.25, -0.2) is 9.18 Å². The minimum Gasteiger partial charge on any atom is -0.467 e. The molecule has 3 amide bonds. The summed E-state index contributed by atoms with van der Waals surface area (Å²) in [5.74, 6) is -0.393. The Kier molecular flexibility index (Phi) is 3.88. The van der Waals surface area contributed by atoms with Crippen LogP contribution in [0.25, 0.3) is 0 Å². The van der Waals surface area contributed by atoms with Crippen molar-refractivity contribution in [3.63, 3.8) is 0 Å². The van der Waals surface area contributed by atoms with E-state index in [4.69, 9.17) is 9.47 Å². The molecule has 0 saturated carbocycles. The summed E-state index contributed by atoms with van der Waals surface area (Å²) >= 11 is 0. The van der Waals surface area contributed by atoms with Crippen molar-refractivity contribution in [2.45, 2.75) is 25.6 Å². The maximum Gasteiger partial charge on any atom is 0.325 e. The van der Waals surface area contributed by atoms with Crippen molar-refractivity contribution in [2.75, 3.05) is 6.79 Å². The highest BCUT2D eigenvalue weighted by Gasteiger charge is 2.49. The van der Waals surface area contributed by atoms with Gasteiger partial charge in [0.25, 0.3) is 5.91 Å². The van der Waals surface area contributed by atoms with Crippen molar-refractivity contribution < 1.29 is 23.5 Å². The van der Waals surface area contributed by atoms with Crippen LogP contribution in [0.1, 0.15) is 23.6 Å². The molecule has 4 rings (SSSR count). The van der Waals surface area contributed by atoms with Crippen LogP contribution < -0.4 is 10.1 Å². The Bertz CT molecular complexity index is 887. The molecule has 2 heterocycles. The van der Waals surface area contributed by atoms with E-state index in [1.54, 1.807) is 31.2 Å². The van der Waals surface area contributed by atoms with E-state index in [9.17, 15) is 14.0 Å². The summed E-state index contributed by atoms with van der Waals surface area (Å²) in [6, 6.07) is 11.1. The second-order valence-electron chi connectivity index (χ2n) is 6.48. The molecular weight excluding hydrogens is 339 g/mol. The van der Waals surface area contributed by atoms with Crippen molar-refractivity contribution in [1.29, 1.82) is 0 Å². The molecule has 0 bridgehead atoms. The maximum atomic E-state index is 13.9. The number of carbonyl (C=O) groups excluding carboxylic acids is 2. The summed E-state index contributed by atoms with van der Waals surface area (Å²) in [4.78, 5) is 26.5. The summed E-state index contributed by atoms with van der Waals surface area (Å²) in [5, 5.41) is 2.74. The lowest BCUT2D eigenvalue weighted by atomic mass is 9.92. The predicted molar refractivity (Wildman–Crippen MR) is 89.6 cm³/mol. The lowest BCUT2D eigenvalue weighted by molar-refractivity contribution is -0.131. The van der Waals surface area contributed by atoms with Gasteiger partial charge in [0.05, 0.1) is 13.2 Å². The minimum absolute atomic E-state index is 0.0491. The van der Waals surface area contributed by atoms with Crippen LogP contribution >= 0.6 is 0 Å². The predicted octanol–water partition coefficient (Wildman–Crippen LogP) is 2.66. The monoisotopic (exact) mass is 356 g/mol. The highest BCUT2D eigenvalue weighted by atomic mass is 19.1. The summed E-state index contributed by atoms with van der Waals surface area (Å²) in [5.41, 5.74) is 0.524. The van der Waals surface area contributed by atoms with E-state index in [1.165, 1.54) is 12.1 Å². The Labute approximate surface area is 149 Å². The molecule has 0 spiro atoms. The molecular formula is C19H17FN2O4. The van der Waals surface area contributed by atoms with Gasteiger partial charge in [-0.05, 0) is 24.6 Å². The van der Waals surface area contributed by atoms with Crippen molar-refractivity contribution in [1.82, 2.24) is 10.2 Å². The standard InChI is InChI=1S/C19H17FN2O4/c1-19(14-5-3-2-4-6-14)17(23)22(18(24)21-19)9-12-7-15(20)8-13-10-25-11-26-16(12)13/h2-8H,9-11H2,1H3,(H,21,24). The zero-order chi connectivity index (χ0) is 18.3. The summed E-state index contributed by atoms with van der Waals surface area (Å²) in [7, 11) is 0. The zero-order valence-corrected chi connectivity index (χ0v) is 14.1. The molecule has 0 aliphatic carbocycles. The number of fused-ring (bicyclic) bond motifs is 1. The average Bonchev–Trinajstić information content (AvgIpc) is 2.86. The van der Waals surface area contributed by atoms with Crippen molar-refractivity contribution >= 4 is 11.9 Å². The number of amides is 3. The fraction of sp³-hybridized carbons (Fsp3) is 0.263. The van der Waals surface area contributed by atoms with E-state index in [2.05, 4.69) is 5.32 Å². The molecule has 7 heteroatoms. The first-order valence-corrected chi connectivity index (χ1v) is 8.20. The number of halogens is 1. The van der Waals surface area contributed by atoms with E-state index in [1.807, 2.05) is 6.07 Å². The summed E-state index contributed by atoms with van der Waals surface area (Å²) in [6.45, 7) is 1.86. The molecule has 2 aromatic rings. The van der Waals surface area contributed by atoms with Crippen LogP contribution in [0.15, 0.2) is 42.5 Å². The number of benzene rings is 2. The second-order valence-corrected chi connectivity index (χ2v) is 6.48. The van der Waals surface area contributed by atoms with E-state index >= 15 is 0 Å². The zero-order valence-electron chi connectivity index (χ0n) is 14.1. The van der Waals surface area contributed by atoms with Gasteiger partial charge in [-0.2, -0.15) is 0 Å². The number of urea groups is 1. The summed E-state index contributed by atoms with van der Waals surface area (Å²) < 4.78 is 24.6. The first-order chi connectivity index (χ1) is 12.5. The van der Waals surface area contributed by atoms with Crippen molar-refractivity contribution in [3.8, 4) is 5.75 Å². The third kappa shape index (κ3) is 2.61. The van der Waals surface area contributed by atoms with Crippen LogP contribution in [-0.2, 0) is 28.2 Å². The number of hydrogen-bond donors (Lipinski definition) is 1. The Morgan fingerprint density at radius 3 is 2.77 bits per heavy atom. The molecule has 1 unspecified atom stereocenters. The fourth-order valence-electron chi connectivity index (χ4n) is 3.35. The molecule has 1 atom stereocenters. The smallest absolute Gasteiger partial charge is 0.325 e. The molecule has 6 nitrogen and oxygen atoms in total. The Balaban J connectivity index is 1.67. The van der Waals surface area contributed by atoms with Gasteiger partial charge >= 0.3 is 6.03 Å². The molecule has 1 saturated heterocycles. The lowest BCUT2D eigenvalue weighted by Gasteiger charge is -2.24. The SMILES string of the molecule is CC1(c2ccccc2)NC(=O)N(Cc2cc(F)cc3c2OCOC3)C1=O. The number of rotatable bonds is 3. The highest BCUT2D eigenvalue weighted by Crippen LogP contribution is 2.34. The van der Waals surface area contributed by atoms with Gasteiger partial charge in [-0.15, -0.1) is 0 Å². The van der Waals surface area contributed by atoms with Crippen LogP contribution in [0.5, 0.6) is 5.75 Å². The van der Waals surface area contributed by atoms with Gasteiger partial charge in [-0.3, -0.25) is 9.69 Å². The average molecular weight is 356 g/mol. The van der Waals surface area contributed by atoms with Gasteiger partial charge < -0.3 is 14.8 Å². The Hall–Kier alpha value is -2.93. The number of imide groups is 1. The lowest BCUT2D eigenvalue weighted by Crippen LogP contribution is -2.40. The normalized spacial score (nSPS) is 22.0. The van der Waals surface area contributed by atoms with Gasteiger partial charge in [-0.1, -0.05) is 30.3 Å².